The van der Waals surface area contributed by atoms with Gasteiger partial charge in [-0.2, -0.15) is 0 Å². The van der Waals surface area contributed by atoms with Crippen LogP contribution < -0.4 is 0 Å². The Morgan fingerprint density at radius 3 is 2.62 bits per heavy atom. The van der Waals surface area contributed by atoms with Crippen molar-refractivity contribution in [3.8, 4) is 0 Å². The maximum atomic E-state index is 3.58. The van der Waals surface area contributed by atoms with E-state index in [2.05, 4.69) is 41.6 Å². The van der Waals surface area contributed by atoms with Crippen LogP contribution in [0.3, 0.4) is 0 Å². The van der Waals surface area contributed by atoms with Crippen molar-refractivity contribution < 1.29 is 0 Å². The zero-order chi connectivity index (χ0) is 9.90. The van der Waals surface area contributed by atoms with Gasteiger partial charge in [0.05, 0.1) is 0 Å². The number of alkyl halides is 1. The minimum atomic E-state index is 0.433. The maximum Gasteiger partial charge on any atom is 0.00949 e. The zero-order valence-electron chi connectivity index (χ0n) is 9.15. The number of likely N-dealkylation sites (tertiary alicyclic amines) is 1. The summed E-state index contributed by atoms with van der Waals surface area (Å²) in [4.78, 5) is 2.62. The molecule has 0 amide bonds. The molecule has 0 spiro atoms. The quantitative estimate of drug-likeness (QED) is 0.691. The summed E-state index contributed by atoms with van der Waals surface area (Å²) in [5.41, 5.74) is 0.433. The van der Waals surface area contributed by atoms with E-state index in [1.165, 1.54) is 32.5 Å². The number of hydrogen-bond donors (Lipinski definition) is 0. The third-order valence-electron chi connectivity index (χ3n) is 2.96. The van der Waals surface area contributed by atoms with E-state index >= 15 is 0 Å². The standard InChI is InChI=1S/C11H22BrN/c1-4-10-5-6-13(7-10)9-11(2,3)8-12/h10H,4-9H2,1-3H3. The van der Waals surface area contributed by atoms with E-state index < -0.39 is 0 Å². The molecule has 0 bridgehead atoms. The summed E-state index contributed by atoms with van der Waals surface area (Å²) in [5, 5.41) is 1.10. The highest BCUT2D eigenvalue weighted by atomic mass is 79.9. The van der Waals surface area contributed by atoms with Crippen molar-refractivity contribution in [2.24, 2.45) is 11.3 Å². The smallest absolute Gasteiger partial charge is 0.00949 e. The van der Waals surface area contributed by atoms with Crippen LogP contribution in [-0.2, 0) is 0 Å². The van der Waals surface area contributed by atoms with Crippen molar-refractivity contribution in [2.75, 3.05) is 25.0 Å². The Hall–Kier alpha value is 0.440. The number of hydrogen-bond acceptors (Lipinski definition) is 1. The van der Waals surface area contributed by atoms with Gasteiger partial charge in [-0.3, -0.25) is 0 Å². The summed E-state index contributed by atoms with van der Waals surface area (Å²) in [5.74, 6) is 0.964. The SMILES string of the molecule is CCC1CCN(CC(C)(C)CBr)C1. The lowest BCUT2D eigenvalue weighted by molar-refractivity contribution is 0.225. The van der Waals surface area contributed by atoms with Gasteiger partial charge in [-0.25, -0.2) is 0 Å². The molecule has 78 valence electrons. The molecule has 1 unspecified atom stereocenters. The Morgan fingerprint density at radius 1 is 1.46 bits per heavy atom. The average Bonchev–Trinajstić information content (AvgIpc) is 2.52. The van der Waals surface area contributed by atoms with Crippen molar-refractivity contribution in [3.63, 3.8) is 0 Å². The van der Waals surface area contributed by atoms with E-state index in [-0.39, 0.29) is 0 Å². The van der Waals surface area contributed by atoms with Crippen LogP contribution in [0.25, 0.3) is 0 Å². The van der Waals surface area contributed by atoms with Crippen molar-refractivity contribution in [1.29, 1.82) is 0 Å². The second kappa shape index (κ2) is 4.79. The van der Waals surface area contributed by atoms with Gasteiger partial charge in [0.25, 0.3) is 0 Å². The molecular formula is C11H22BrN. The first kappa shape index (κ1) is 11.5. The number of halogens is 1. The highest BCUT2D eigenvalue weighted by Gasteiger charge is 2.26. The van der Waals surface area contributed by atoms with E-state index in [0.29, 0.717) is 5.41 Å². The summed E-state index contributed by atoms with van der Waals surface area (Å²) in [7, 11) is 0. The lowest BCUT2D eigenvalue weighted by Gasteiger charge is -2.28. The zero-order valence-corrected chi connectivity index (χ0v) is 10.7. The average molecular weight is 248 g/mol. The van der Waals surface area contributed by atoms with Crippen molar-refractivity contribution >= 4 is 15.9 Å². The Labute approximate surface area is 91.0 Å². The first-order valence-corrected chi connectivity index (χ1v) is 6.48. The van der Waals surface area contributed by atoms with Gasteiger partial charge < -0.3 is 4.90 Å². The highest BCUT2D eigenvalue weighted by molar-refractivity contribution is 9.09. The monoisotopic (exact) mass is 247 g/mol. The topological polar surface area (TPSA) is 3.24 Å². The van der Waals surface area contributed by atoms with Crippen LogP contribution in [-0.4, -0.2) is 29.9 Å². The molecule has 1 aliphatic rings. The molecule has 1 saturated heterocycles. The summed E-state index contributed by atoms with van der Waals surface area (Å²) < 4.78 is 0. The lowest BCUT2D eigenvalue weighted by atomic mass is 9.96. The number of nitrogens with zero attached hydrogens (tertiary/aromatic N) is 1. The Morgan fingerprint density at radius 2 is 2.15 bits per heavy atom. The van der Waals surface area contributed by atoms with Crippen LogP contribution in [0.5, 0.6) is 0 Å². The van der Waals surface area contributed by atoms with E-state index in [0.717, 1.165) is 11.2 Å². The van der Waals surface area contributed by atoms with E-state index in [1.54, 1.807) is 0 Å². The van der Waals surface area contributed by atoms with Crippen LogP contribution >= 0.6 is 15.9 Å². The van der Waals surface area contributed by atoms with Crippen LogP contribution in [0, 0.1) is 11.3 Å². The van der Waals surface area contributed by atoms with Crippen LogP contribution in [0.2, 0.25) is 0 Å². The molecule has 0 saturated carbocycles. The van der Waals surface area contributed by atoms with E-state index in [4.69, 9.17) is 0 Å². The third-order valence-corrected chi connectivity index (χ3v) is 4.48. The van der Waals surface area contributed by atoms with Gasteiger partial charge in [0.15, 0.2) is 0 Å². The van der Waals surface area contributed by atoms with Gasteiger partial charge in [0.2, 0.25) is 0 Å². The van der Waals surface area contributed by atoms with Gasteiger partial charge in [-0.1, -0.05) is 43.1 Å². The molecule has 1 rings (SSSR count). The lowest BCUT2D eigenvalue weighted by Crippen LogP contribution is -2.33. The molecule has 1 atom stereocenters. The molecule has 1 aliphatic heterocycles. The van der Waals surface area contributed by atoms with Crippen LogP contribution in [0.4, 0.5) is 0 Å². The second-order valence-corrected chi connectivity index (χ2v) is 5.66. The molecule has 1 fully saturated rings. The Bertz CT molecular complexity index is 156. The van der Waals surface area contributed by atoms with Gasteiger partial charge in [-0.05, 0) is 24.3 Å². The molecule has 2 heteroatoms. The second-order valence-electron chi connectivity index (χ2n) is 5.10. The molecule has 0 aromatic rings. The first-order valence-electron chi connectivity index (χ1n) is 5.35. The molecule has 13 heavy (non-hydrogen) atoms. The Kier molecular flexibility index (Phi) is 4.24. The summed E-state index contributed by atoms with van der Waals surface area (Å²) >= 11 is 3.58. The first-order chi connectivity index (χ1) is 6.07. The molecule has 0 aromatic heterocycles. The summed E-state index contributed by atoms with van der Waals surface area (Å²) in [6, 6.07) is 0. The molecule has 0 aliphatic carbocycles. The predicted octanol–water partition coefficient (Wildman–Crippen LogP) is 3.14. The molecular weight excluding hydrogens is 226 g/mol. The molecule has 1 heterocycles. The van der Waals surface area contributed by atoms with Gasteiger partial charge in [0.1, 0.15) is 0 Å². The Balaban J connectivity index is 2.31. The fourth-order valence-corrected chi connectivity index (χ4v) is 2.21. The predicted molar refractivity (Wildman–Crippen MR) is 62.4 cm³/mol. The van der Waals surface area contributed by atoms with Crippen LogP contribution in [0.1, 0.15) is 33.6 Å². The molecule has 1 nitrogen and oxygen atoms in total. The van der Waals surface area contributed by atoms with Crippen LogP contribution in [0.15, 0.2) is 0 Å². The van der Waals surface area contributed by atoms with Crippen molar-refractivity contribution in [2.45, 2.75) is 33.6 Å². The molecule has 0 radical (unpaired) electrons. The van der Waals surface area contributed by atoms with Crippen molar-refractivity contribution in [3.05, 3.63) is 0 Å². The third kappa shape index (κ3) is 3.59. The summed E-state index contributed by atoms with van der Waals surface area (Å²) in [6.07, 6.45) is 2.76. The van der Waals surface area contributed by atoms with Gasteiger partial charge in [-0.15, -0.1) is 0 Å². The van der Waals surface area contributed by atoms with Gasteiger partial charge in [0, 0.05) is 18.4 Å². The maximum absolute atomic E-state index is 3.58. The molecule has 0 N–H and O–H groups in total. The number of rotatable bonds is 4. The summed E-state index contributed by atoms with van der Waals surface area (Å²) in [6.45, 7) is 10.9. The normalized spacial score (nSPS) is 25.4. The largest absolute Gasteiger partial charge is 0.302 e. The van der Waals surface area contributed by atoms with Gasteiger partial charge >= 0.3 is 0 Å². The van der Waals surface area contributed by atoms with Crippen molar-refractivity contribution in [1.82, 2.24) is 4.90 Å². The fourth-order valence-electron chi connectivity index (χ4n) is 2.04. The fraction of sp³-hybridized carbons (Fsp3) is 1.00. The minimum absolute atomic E-state index is 0.433. The minimum Gasteiger partial charge on any atom is -0.302 e. The molecule has 0 aromatic carbocycles. The van der Waals surface area contributed by atoms with E-state index in [1.807, 2.05) is 0 Å². The van der Waals surface area contributed by atoms with E-state index in [9.17, 15) is 0 Å². The highest BCUT2D eigenvalue weighted by Crippen LogP contribution is 2.25.